The Hall–Kier alpha value is -2.23. The van der Waals surface area contributed by atoms with Gasteiger partial charge in [0, 0.05) is 24.5 Å². The molecule has 1 aromatic carbocycles. The SMILES string of the molecule is C[C@@H](C(=O)N1CCCCC1)N1CC[C@H](NS(=O)(=O)c2ccc(-c3ccccc3)s2)C1=O. The predicted octanol–water partition coefficient (Wildman–Crippen LogP) is 2.70. The molecule has 0 radical (unpaired) electrons. The minimum Gasteiger partial charge on any atom is -0.341 e. The Balaban J connectivity index is 1.42. The van der Waals surface area contributed by atoms with Gasteiger partial charge in [0.1, 0.15) is 16.3 Å². The monoisotopic (exact) mass is 461 g/mol. The van der Waals surface area contributed by atoms with E-state index >= 15 is 0 Å². The molecule has 2 amide bonds. The average Bonchev–Trinajstić information content (AvgIpc) is 3.42. The van der Waals surface area contributed by atoms with Crippen LogP contribution in [0.4, 0.5) is 0 Å². The quantitative estimate of drug-likeness (QED) is 0.717. The second-order valence-corrected chi connectivity index (χ2v) is 11.1. The number of nitrogens with zero attached hydrogens (tertiary/aromatic N) is 2. The van der Waals surface area contributed by atoms with Crippen LogP contribution in [0.25, 0.3) is 10.4 Å². The first kappa shape index (κ1) is 22.0. The molecule has 9 heteroatoms. The molecule has 1 N–H and O–H groups in total. The van der Waals surface area contributed by atoms with Gasteiger partial charge in [-0.15, -0.1) is 11.3 Å². The molecule has 166 valence electrons. The van der Waals surface area contributed by atoms with E-state index in [0.717, 1.165) is 42.8 Å². The van der Waals surface area contributed by atoms with Gasteiger partial charge in [-0.1, -0.05) is 30.3 Å². The molecule has 2 saturated heterocycles. The first-order valence-electron chi connectivity index (χ1n) is 10.6. The molecule has 3 heterocycles. The van der Waals surface area contributed by atoms with E-state index in [1.54, 1.807) is 19.1 Å². The van der Waals surface area contributed by atoms with Gasteiger partial charge in [-0.3, -0.25) is 9.59 Å². The largest absolute Gasteiger partial charge is 0.341 e. The number of carbonyl (C=O) groups is 2. The van der Waals surface area contributed by atoms with E-state index in [4.69, 9.17) is 0 Å². The standard InChI is InChI=1S/C22H27N3O4S2/c1-16(21(26)24-13-6-3-7-14-24)25-15-12-18(22(25)27)23-31(28,29)20-11-10-19(30-20)17-8-4-2-5-9-17/h2,4-5,8-11,16,18,23H,3,6-7,12-15H2,1H3/t16-,18-/m0/s1. The molecule has 0 spiro atoms. The Morgan fingerprint density at radius 1 is 1.06 bits per heavy atom. The first-order valence-corrected chi connectivity index (χ1v) is 12.9. The van der Waals surface area contributed by atoms with Crippen molar-refractivity contribution in [1.82, 2.24) is 14.5 Å². The molecule has 0 aliphatic carbocycles. The molecule has 0 bridgehead atoms. The van der Waals surface area contributed by atoms with E-state index < -0.39 is 22.1 Å². The molecule has 0 saturated carbocycles. The van der Waals surface area contributed by atoms with E-state index in [1.807, 2.05) is 35.2 Å². The topological polar surface area (TPSA) is 86.8 Å². The fourth-order valence-electron chi connectivity index (χ4n) is 4.18. The Kier molecular flexibility index (Phi) is 6.45. The van der Waals surface area contributed by atoms with Crippen molar-refractivity contribution in [3.63, 3.8) is 0 Å². The number of likely N-dealkylation sites (tertiary alicyclic amines) is 2. The zero-order valence-corrected chi connectivity index (χ0v) is 19.1. The second kappa shape index (κ2) is 9.10. The van der Waals surface area contributed by atoms with Crippen LogP contribution in [0.3, 0.4) is 0 Å². The molecule has 0 unspecified atom stereocenters. The number of nitrogens with one attached hydrogen (secondary N) is 1. The van der Waals surface area contributed by atoms with Crippen molar-refractivity contribution < 1.29 is 18.0 Å². The number of benzene rings is 1. The first-order chi connectivity index (χ1) is 14.9. The van der Waals surface area contributed by atoms with E-state index in [1.165, 1.54) is 16.2 Å². The van der Waals surface area contributed by atoms with Crippen molar-refractivity contribution in [3.05, 3.63) is 42.5 Å². The number of hydrogen-bond donors (Lipinski definition) is 1. The lowest BCUT2D eigenvalue weighted by Gasteiger charge is -2.32. The zero-order valence-electron chi connectivity index (χ0n) is 17.5. The van der Waals surface area contributed by atoms with Gasteiger partial charge in [-0.25, -0.2) is 8.42 Å². The third-order valence-corrected chi connectivity index (χ3v) is 9.03. The number of sulfonamides is 1. The van der Waals surface area contributed by atoms with Crippen LogP contribution in [0.15, 0.2) is 46.7 Å². The highest BCUT2D eigenvalue weighted by atomic mass is 32.2. The van der Waals surface area contributed by atoms with Crippen LogP contribution >= 0.6 is 11.3 Å². The summed E-state index contributed by atoms with van der Waals surface area (Å²) in [5.41, 5.74) is 0.946. The minimum atomic E-state index is -3.83. The molecule has 1 aromatic heterocycles. The molecular formula is C22H27N3O4S2. The molecule has 2 fully saturated rings. The Morgan fingerprint density at radius 3 is 2.48 bits per heavy atom. The lowest BCUT2D eigenvalue weighted by Crippen LogP contribution is -2.51. The van der Waals surface area contributed by atoms with Gasteiger partial charge in [0.15, 0.2) is 0 Å². The summed E-state index contributed by atoms with van der Waals surface area (Å²) in [6, 6.07) is 11.5. The molecule has 2 aliphatic rings. The third kappa shape index (κ3) is 4.68. The highest BCUT2D eigenvalue weighted by Crippen LogP contribution is 2.31. The Morgan fingerprint density at radius 2 is 1.77 bits per heavy atom. The van der Waals surface area contributed by atoms with Crippen LogP contribution in [0.1, 0.15) is 32.6 Å². The zero-order chi connectivity index (χ0) is 22.0. The number of thiophene rings is 1. The predicted molar refractivity (Wildman–Crippen MR) is 120 cm³/mol. The average molecular weight is 462 g/mol. The lowest BCUT2D eigenvalue weighted by molar-refractivity contribution is -0.143. The summed E-state index contributed by atoms with van der Waals surface area (Å²) in [6.45, 7) is 3.55. The summed E-state index contributed by atoms with van der Waals surface area (Å²) in [5, 5.41) is 0. The molecule has 2 aromatic rings. The summed E-state index contributed by atoms with van der Waals surface area (Å²) < 4.78 is 28.5. The molecule has 31 heavy (non-hydrogen) atoms. The van der Waals surface area contributed by atoms with E-state index in [2.05, 4.69) is 4.72 Å². The van der Waals surface area contributed by atoms with Gasteiger partial charge in [0.05, 0.1) is 0 Å². The highest BCUT2D eigenvalue weighted by molar-refractivity contribution is 7.91. The van der Waals surface area contributed by atoms with Gasteiger partial charge < -0.3 is 9.80 Å². The van der Waals surface area contributed by atoms with Crippen LogP contribution in [-0.2, 0) is 19.6 Å². The van der Waals surface area contributed by atoms with E-state index in [0.29, 0.717) is 13.0 Å². The van der Waals surface area contributed by atoms with Gasteiger partial charge in [0.2, 0.25) is 11.8 Å². The normalized spacial score (nSPS) is 20.8. The smallest absolute Gasteiger partial charge is 0.250 e. The number of rotatable bonds is 6. The highest BCUT2D eigenvalue weighted by Gasteiger charge is 2.40. The lowest BCUT2D eigenvalue weighted by atomic mass is 10.1. The fraction of sp³-hybridized carbons (Fsp3) is 0.455. The fourth-order valence-corrected chi connectivity index (χ4v) is 6.73. The molecule has 7 nitrogen and oxygen atoms in total. The number of piperidine rings is 1. The Labute approximate surface area is 187 Å². The van der Waals surface area contributed by atoms with Crippen molar-refractivity contribution in [2.45, 2.75) is 48.9 Å². The number of carbonyl (C=O) groups excluding carboxylic acids is 2. The van der Waals surface area contributed by atoms with Crippen molar-refractivity contribution in [2.75, 3.05) is 19.6 Å². The van der Waals surface area contributed by atoms with Gasteiger partial charge in [-0.05, 0) is 50.3 Å². The maximum atomic E-state index is 12.9. The van der Waals surface area contributed by atoms with E-state index in [-0.39, 0.29) is 16.0 Å². The van der Waals surface area contributed by atoms with Crippen LogP contribution in [0.5, 0.6) is 0 Å². The van der Waals surface area contributed by atoms with Crippen LogP contribution < -0.4 is 4.72 Å². The Bertz CT molecular complexity index is 1050. The van der Waals surface area contributed by atoms with Crippen LogP contribution in [0.2, 0.25) is 0 Å². The molecular weight excluding hydrogens is 434 g/mol. The second-order valence-electron chi connectivity index (χ2n) is 8.04. The molecule has 4 rings (SSSR count). The maximum absolute atomic E-state index is 12.9. The summed E-state index contributed by atoms with van der Waals surface area (Å²) >= 11 is 1.17. The van der Waals surface area contributed by atoms with E-state index in [9.17, 15) is 18.0 Å². The maximum Gasteiger partial charge on any atom is 0.250 e. The summed E-state index contributed by atoms with van der Waals surface area (Å²) in [7, 11) is -3.83. The van der Waals surface area contributed by atoms with Crippen LogP contribution in [-0.4, -0.2) is 61.7 Å². The van der Waals surface area contributed by atoms with Gasteiger partial charge in [-0.2, -0.15) is 4.72 Å². The van der Waals surface area contributed by atoms with Crippen molar-refractivity contribution >= 4 is 33.2 Å². The number of amides is 2. The summed E-state index contributed by atoms with van der Waals surface area (Å²) in [5.74, 6) is -0.386. The van der Waals surface area contributed by atoms with Crippen molar-refractivity contribution in [2.24, 2.45) is 0 Å². The third-order valence-electron chi connectivity index (χ3n) is 5.93. The van der Waals surface area contributed by atoms with Crippen LogP contribution in [0, 0.1) is 0 Å². The molecule has 2 aliphatic heterocycles. The number of hydrogen-bond acceptors (Lipinski definition) is 5. The minimum absolute atomic E-state index is 0.0534. The summed E-state index contributed by atoms with van der Waals surface area (Å²) in [4.78, 5) is 29.8. The molecule has 2 atom stereocenters. The summed E-state index contributed by atoms with van der Waals surface area (Å²) in [6.07, 6.45) is 3.45. The van der Waals surface area contributed by atoms with Crippen molar-refractivity contribution in [1.29, 1.82) is 0 Å². The van der Waals surface area contributed by atoms with Gasteiger partial charge in [0.25, 0.3) is 10.0 Å². The van der Waals surface area contributed by atoms with Gasteiger partial charge >= 0.3 is 0 Å². The van der Waals surface area contributed by atoms with Crippen molar-refractivity contribution in [3.8, 4) is 10.4 Å².